The van der Waals surface area contributed by atoms with Gasteiger partial charge in [-0.15, -0.1) is 10.2 Å². The first-order valence-corrected chi connectivity index (χ1v) is 10.7. The molecule has 2 aromatic carbocycles. The van der Waals surface area contributed by atoms with E-state index in [0.717, 1.165) is 11.1 Å². The minimum absolute atomic E-state index is 0.338. The fourth-order valence-electron chi connectivity index (χ4n) is 3.82. The lowest BCUT2D eigenvalue weighted by molar-refractivity contribution is -0.231. The summed E-state index contributed by atoms with van der Waals surface area (Å²) in [5.74, 6) is 1.32. The van der Waals surface area contributed by atoms with Crippen LogP contribution in [0.15, 0.2) is 54.6 Å². The average molecular weight is 469 g/mol. The zero-order valence-electron chi connectivity index (χ0n) is 18.5. The molecule has 3 aromatic rings. The van der Waals surface area contributed by atoms with Gasteiger partial charge in [-0.3, -0.25) is 0 Å². The molecule has 1 aromatic heterocycles. The molecule has 1 aliphatic rings. The molecule has 2 heterocycles. The smallest absolute Gasteiger partial charge is 0.239 e. The van der Waals surface area contributed by atoms with E-state index in [1.54, 1.807) is 42.5 Å². The van der Waals surface area contributed by atoms with Crippen molar-refractivity contribution in [2.75, 3.05) is 19.5 Å². The Balaban J connectivity index is 1.48. The van der Waals surface area contributed by atoms with Crippen molar-refractivity contribution >= 4 is 5.69 Å². The van der Waals surface area contributed by atoms with E-state index in [-0.39, 0.29) is 0 Å². The number of benzene rings is 2. The molecule has 0 saturated carbocycles. The third-order valence-electron chi connectivity index (χ3n) is 5.75. The molecule has 10 heteroatoms. The molecule has 1 saturated heterocycles. The van der Waals surface area contributed by atoms with Crippen molar-refractivity contribution in [1.29, 1.82) is 0 Å². The summed E-state index contributed by atoms with van der Waals surface area (Å²) in [4.78, 5) is 0. The van der Waals surface area contributed by atoms with Gasteiger partial charge in [-0.1, -0.05) is 24.3 Å². The van der Waals surface area contributed by atoms with Crippen LogP contribution in [0.25, 0.3) is 0 Å². The molecule has 0 amide bonds. The van der Waals surface area contributed by atoms with Gasteiger partial charge in [0.25, 0.3) is 0 Å². The molecule has 34 heavy (non-hydrogen) atoms. The lowest BCUT2D eigenvalue weighted by Crippen LogP contribution is -2.55. The first kappa shape index (κ1) is 23.9. The van der Waals surface area contributed by atoms with Gasteiger partial charge >= 0.3 is 0 Å². The zero-order chi connectivity index (χ0) is 24.2. The Morgan fingerprint density at radius 2 is 1.62 bits per heavy atom. The van der Waals surface area contributed by atoms with E-state index in [9.17, 15) is 20.4 Å². The Kier molecular flexibility index (Phi) is 7.25. The molecule has 0 unspecified atom stereocenters. The summed E-state index contributed by atoms with van der Waals surface area (Å²) in [7, 11) is 1.51. The molecule has 10 nitrogen and oxygen atoms in total. The van der Waals surface area contributed by atoms with E-state index in [2.05, 4.69) is 10.2 Å². The first-order chi connectivity index (χ1) is 16.4. The van der Waals surface area contributed by atoms with Crippen molar-refractivity contribution in [1.82, 2.24) is 10.2 Å². The predicted molar refractivity (Wildman–Crippen MR) is 121 cm³/mol. The fraction of sp³-hybridized carbons (Fsp3) is 0.333. The van der Waals surface area contributed by atoms with Crippen LogP contribution < -0.4 is 15.2 Å². The van der Waals surface area contributed by atoms with Gasteiger partial charge in [-0.05, 0) is 41.3 Å². The number of aliphatic hydroxyl groups is 4. The highest BCUT2D eigenvalue weighted by Gasteiger charge is 2.44. The molecule has 6 N–H and O–H groups in total. The van der Waals surface area contributed by atoms with Crippen LogP contribution in [0.3, 0.4) is 0 Å². The summed E-state index contributed by atoms with van der Waals surface area (Å²) >= 11 is 0. The van der Waals surface area contributed by atoms with Gasteiger partial charge in [-0.2, -0.15) is 0 Å². The number of methoxy groups -OCH3 is 1. The van der Waals surface area contributed by atoms with Crippen molar-refractivity contribution < 1.29 is 34.6 Å². The summed E-state index contributed by atoms with van der Waals surface area (Å²) in [6, 6.07) is 15.9. The van der Waals surface area contributed by atoms with Gasteiger partial charge in [0.2, 0.25) is 11.8 Å². The van der Waals surface area contributed by atoms with Crippen molar-refractivity contribution in [3.8, 4) is 17.5 Å². The lowest BCUT2D eigenvalue weighted by atomic mass is 9.89. The standard InChI is InChI=1S/C24H27N3O7/c1-32-19-8-9-20(27-26-19)33-16-5-2-13(3-6-16)10-15-11-14(4-7-17(15)25)24-23(31)22(30)21(29)18(12-28)34-24/h2-9,11,18,21-24,28-31H,10,12,25H2,1H3/t18-,21-,22+,23-,24+/m1/s1. The van der Waals surface area contributed by atoms with Gasteiger partial charge < -0.3 is 40.4 Å². The zero-order valence-corrected chi connectivity index (χ0v) is 18.5. The molecule has 4 rings (SSSR count). The number of hydrogen-bond donors (Lipinski definition) is 5. The Morgan fingerprint density at radius 3 is 2.26 bits per heavy atom. The van der Waals surface area contributed by atoms with Gasteiger partial charge in [0.05, 0.1) is 13.7 Å². The number of nitrogens with zero attached hydrogens (tertiary/aromatic N) is 2. The Morgan fingerprint density at radius 1 is 0.912 bits per heavy atom. The number of nitrogens with two attached hydrogens (primary N) is 1. The van der Waals surface area contributed by atoms with Crippen molar-refractivity contribution in [2.24, 2.45) is 0 Å². The average Bonchev–Trinajstić information content (AvgIpc) is 2.86. The van der Waals surface area contributed by atoms with Crippen LogP contribution in [0.4, 0.5) is 5.69 Å². The maximum atomic E-state index is 10.4. The van der Waals surface area contributed by atoms with Gasteiger partial charge in [-0.25, -0.2) is 0 Å². The van der Waals surface area contributed by atoms with Crippen molar-refractivity contribution in [3.05, 3.63) is 71.3 Å². The summed E-state index contributed by atoms with van der Waals surface area (Å²) in [5.41, 5.74) is 9.08. The van der Waals surface area contributed by atoms with E-state index >= 15 is 0 Å². The fourth-order valence-corrected chi connectivity index (χ4v) is 3.82. The third-order valence-corrected chi connectivity index (χ3v) is 5.75. The largest absolute Gasteiger partial charge is 0.480 e. The Hall–Kier alpha value is -3.28. The summed E-state index contributed by atoms with van der Waals surface area (Å²) in [5, 5.41) is 47.8. The second-order valence-corrected chi connectivity index (χ2v) is 8.04. The predicted octanol–water partition coefficient (Wildman–Crippen LogP) is 0.965. The van der Waals surface area contributed by atoms with E-state index in [0.29, 0.717) is 35.2 Å². The topological polar surface area (TPSA) is 160 Å². The molecular formula is C24H27N3O7. The molecule has 1 fully saturated rings. The normalized spacial score (nSPS) is 24.6. The monoisotopic (exact) mass is 469 g/mol. The Labute approximate surface area is 196 Å². The number of rotatable bonds is 7. The molecule has 5 atom stereocenters. The summed E-state index contributed by atoms with van der Waals surface area (Å²) < 4.78 is 16.3. The number of ether oxygens (including phenoxy) is 3. The number of anilines is 1. The minimum Gasteiger partial charge on any atom is -0.480 e. The SMILES string of the molecule is COc1ccc(Oc2ccc(Cc3cc([C@@H]4O[C@H](CO)[C@@H](O)[C@H](O)[C@H]4O)ccc3N)cc2)nn1. The highest BCUT2D eigenvalue weighted by Crippen LogP contribution is 2.34. The van der Waals surface area contributed by atoms with Crippen LogP contribution in [-0.4, -0.2) is 68.8 Å². The first-order valence-electron chi connectivity index (χ1n) is 10.7. The van der Waals surface area contributed by atoms with E-state index < -0.39 is 37.1 Å². The van der Waals surface area contributed by atoms with Crippen molar-refractivity contribution in [2.45, 2.75) is 36.9 Å². The molecule has 0 aliphatic carbocycles. The van der Waals surface area contributed by atoms with E-state index in [1.807, 2.05) is 12.1 Å². The summed E-state index contributed by atoms with van der Waals surface area (Å²) in [6.07, 6.45) is -5.61. The number of aromatic nitrogens is 2. The second-order valence-electron chi connectivity index (χ2n) is 8.04. The number of aliphatic hydroxyl groups excluding tert-OH is 4. The van der Waals surface area contributed by atoms with Crippen LogP contribution in [-0.2, 0) is 11.2 Å². The minimum atomic E-state index is -1.44. The molecule has 1 aliphatic heterocycles. The lowest BCUT2D eigenvalue weighted by Gasteiger charge is -2.40. The van der Waals surface area contributed by atoms with Crippen LogP contribution in [0.1, 0.15) is 22.8 Å². The van der Waals surface area contributed by atoms with Crippen LogP contribution in [0, 0.1) is 0 Å². The van der Waals surface area contributed by atoms with Gasteiger partial charge in [0.15, 0.2) is 0 Å². The maximum absolute atomic E-state index is 10.4. The molecule has 0 bridgehead atoms. The summed E-state index contributed by atoms with van der Waals surface area (Å²) in [6.45, 7) is -0.486. The maximum Gasteiger partial charge on any atom is 0.239 e. The van der Waals surface area contributed by atoms with Crippen LogP contribution >= 0.6 is 0 Å². The number of hydrogen-bond acceptors (Lipinski definition) is 10. The van der Waals surface area contributed by atoms with Gasteiger partial charge in [0, 0.05) is 17.8 Å². The second kappa shape index (κ2) is 10.3. The van der Waals surface area contributed by atoms with Gasteiger partial charge in [0.1, 0.15) is 36.3 Å². The van der Waals surface area contributed by atoms with E-state index in [1.165, 1.54) is 7.11 Å². The van der Waals surface area contributed by atoms with E-state index in [4.69, 9.17) is 19.9 Å². The molecule has 0 spiro atoms. The highest BCUT2D eigenvalue weighted by atomic mass is 16.5. The Bertz CT molecular complexity index is 1090. The number of nitrogen functional groups attached to an aromatic ring is 1. The molecule has 180 valence electrons. The molecular weight excluding hydrogens is 442 g/mol. The van der Waals surface area contributed by atoms with Crippen LogP contribution in [0.5, 0.6) is 17.5 Å². The van der Waals surface area contributed by atoms with Crippen molar-refractivity contribution in [3.63, 3.8) is 0 Å². The van der Waals surface area contributed by atoms with Crippen LogP contribution in [0.2, 0.25) is 0 Å². The highest BCUT2D eigenvalue weighted by molar-refractivity contribution is 5.51. The quantitative estimate of drug-likeness (QED) is 0.315. The third kappa shape index (κ3) is 5.11. The molecule has 0 radical (unpaired) electrons.